The molecule has 2 N–H and O–H groups in total. The fourth-order valence-corrected chi connectivity index (χ4v) is 2.24. The van der Waals surface area contributed by atoms with E-state index in [-0.39, 0.29) is 16.4 Å². The van der Waals surface area contributed by atoms with Gasteiger partial charge in [0.1, 0.15) is 11.5 Å². The number of hydrogen-bond donors (Lipinski definition) is 1. The van der Waals surface area contributed by atoms with Crippen LogP contribution in [-0.2, 0) is 10.0 Å². The van der Waals surface area contributed by atoms with Gasteiger partial charge in [0.25, 0.3) is 0 Å². The molecule has 0 aliphatic heterocycles. The molecule has 1 aromatic rings. The number of ether oxygens (including phenoxy) is 2. The van der Waals surface area contributed by atoms with E-state index in [2.05, 4.69) is 0 Å². The summed E-state index contributed by atoms with van der Waals surface area (Å²) in [4.78, 5) is -0.0769. The summed E-state index contributed by atoms with van der Waals surface area (Å²) in [6.45, 7) is 4.74. The summed E-state index contributed by atoms with van der Waals surface area (Å²) in [5.41, 5.74) is 0. The molecular weight excluding hydrogens is 254 g/mol. The molecule has 1 rings (SSSR count). The molecule has 0 unspecified atom stereocenters. The van der Waals surface area contributed by atoms with Gasteiger partial charge in [-0.05, 0) is 25.0 Å². The highest BCUT2D eigenvalue weighted by Crippen LogP contribution is 2.32. The van der Waals surface area contributed by atoms with Crippen LogP contribution in [0, 0.1) is 0 Å². The summed E-state index contributed by atoms with van der Waals surface area (Å²) in [7, 11) is -3.87. The summed E-state index contributed by atoms with van der Waals surface area (Å²) in [6.07, 6.45) is 1.56. The van der Waals surface area contributed by atoms with Crippen LogP contribution in [0.5, 0.6) is 11.5 Å². The molecule has 18 heavy (non-hydrogen) atoms. The van der Waals surface area contributed by atoms with E-state index in [1.54, 1.807) is 18.2 Å². The minimum Gasteiger partial charge on any atom is -0.492 e. The lowest BCUT2D eigenvalue weighted by atomic mass is 10.3. The number of sulfonamides is 1. The molecule has 0 aliphatic carbocycles. The maximum absolute atomic E-state index is 11.6. The Kier molecular flexibility index (Phi) is 5.43. The van der Waals surface area contributed by atoms with Gasteiger partial charge >= 0.3 is 0 Å². The zero-order valence-electron chi connectivity index (χ0n) is 10.7. The average molecular weight is 273 g/mol. The summed E-state index contributed by atoms with van der Waals surface area (Å²) < 4.78 is 34.0. The van der Waals surface area contributed by atoms with E-state index in [4.69, 9.17) is 14.6 Å². The molecule has 0 saturated carbocycles. The van der Waals surface area contributed by atoms with Crippen molar-refractivity contribution in [3.63, 3.8) is 0 Å². The lowest BCUT2D eigenvalue weighted by molar-refractivity contribution is 0.287. The van der Waals surface area contributed by atoms with Gasteiger partial charge in [-0.25, -0.2) is 13.6 Å². The SMILES string of the molecule is CCCOc1cccc(OCCC)c1S(N)(=O)=O. The zero-order valence-corrected chi connectivity index (χ0v) is 11.5. The normalized spacial score (nSPS) is 11.3. The van der Waals surface area contributed by atoms with Gasteiger partial charge in [-0.15, -0.1) is 0 Å². The molecule has 0 amide bonds. The van der Waals surface area contributed by atoms with E-state index in [1.807, 2.05) is 13.8 Å². The molecule has 0 heterocycles. The van der Waals surface area contributed by atoms with Crippen LogP contribution < -0.4 is 14.6 Å². The van der Waals surface area contributed by atoms with Gasteiger partial charge in [-0.2, -0.15) is 0 Å². The van der Waals surface area contributed by atoms with Gasteiger partial charge in [0.2, 0.25) is 10.0 Å². The van der Waals surface area contributed by atoms with E-state index >= 15 is 0 Å². The number of primary sulfonamides is 1. The highest BCUT2D eigenvalue weighted by atomic mass is 32.2. The van der Waals surface area contributed by atoms with Crippen LogP contribution in [0.2, 0.25) is 0 Å². The molecule has 0 spiro atoms. The van der Waals surface area contributed by atoms with Crippen molar-refractivity contribution in [1.29, 1.82) is 0 Å². The molecular formula is C12H19NO4S. The molecule has 0 atom stereocenters. The van der Waals surface area contributed by atoms with Crippen LogP contribution in [0.4, 0.5) is 0 Å². The maximum atomic E-state index is 11.6. The smallest absolute Gasteiger partial charge is 0.245 e. The molecule has 0 fully saturated rings. The van der Waals surface area contributed by atoms with Crippen molar-refractivity contribution in [1.82, 2.24) is 0 Å². The van der Waals surface area contributed by atoms with Crippen LogP contribution >= 0.6 is 0 Å². The first-order valence-corrected chi connectivity index (χ1v) is 7.46. The molecule has 0 aromatic heterocycles. The standard InChI is InChI=1S/C12H19NO4S/c1-3-8-16-10-6-5-7-11(17-9-4-2)12(10)18(13,14)15/h5-7H,3-4,8-9H2,1-2H3,(H2,13,14,15). The first-order chi connectivity index (χ1) is 8.50. The molecule has 102 valence electrons. The Morgan fingerprint density at radius 3 is 1.83 bits per heavy atom. The van der Waals surface area contributed by atoms with Crippen molar-refractivity contribution in [2.75, 3.05) is 13.2 Å². The Balaban J connectivity index is 3.18. The lowest BCUT2D eigenvalue weighted by Gasteiger charge is -2.14. The number of hydrogen-bond acceptors (Lipinski definition) is 4. The second-order valence-corrected chi connectivity index (χ2v) is 5.32. The quantitative estimate of drug-likeness (QED) is 0.823. The van der Waals surface area contributed by atoms with E-state index in [0.29, 0.717) is 13.2 Å². The van der Waals surface area contributed by atoms with Gasteiger partial charge in [-0.1, -0.05) is 19.9 Å². The van der Waals surface area contributed by atoms with Crippen molar-refractivity contribution in [2.45, 2.75) is 31.6 Å². The van der Waals surface area contributed by atoms with Crippen LogP contribution in [0.3, 0.4) is 0 Å². The van der Waals surface area contributed by atoms with Crippen LogP contribution in [0.25, 0.3) is 0 Å². The minimum atomic E-state index is -3.87. The Hall–Kier alpha value is -1.27. The van der Waals surface area contributed by atoms with Gasteiger partial charge in [0.05, 0.1) is 13.2 Å². The molecule has 1 aromatic carbocycles. The first-order valence-electron chi connectivity index (χ1n) is 5.92. The van der Waals surface area contributed by atoms with Gasteiger partial charge in [-0.3, -0.25) is 0 Å². The molecule has 0 aliphatic rings. The number of nitrogens with two attached hydrogens (primary N) is 1. The molecule has 6 heteroatoms. The molecule has 5 nitrogen and oxygen atoms in total. The summed E-state index contributed by atoms with van der Waals surface area (Å²) in [6, 6.07) is 4.84. The minimum absolute atomic E-state index is 0.0769. The van der Waals surface area contributed by atoms with Gasteiger partial charge in [0.15, 0.2) is 4.90 Å². The fraction of sp³-hybridized carbons (Fsp3) is 0.500. The highest BCUT2D eigenvalue weighted by molar-refractivity contribution is 7.89. The third-order valence-electron chi connectivity index (χ3n) is 2.15. The number of benzene rings is 1. The Morgan fingerprint density at radius 2 is 1.50 bits per heavy atom. The van der Waals surface area contributed by atoms with E-state index in [1.165, 1.54) is 0 Å². The van der Waals surface area contributed by atoms with Crippen molar-refractivity contribution < 1.29 is 17.9 Å². The predicted molar refractivity (Wildman–Crippen MR) is 69.4 cm³/mol. The average Bonchev–Trinajstić information content (AvgIpc) is 2.32. The Bertz CT molecular complexity index is 459. The second-order valence-electron chi connectivity index (χ2n) is 3.83. The van der Waals surface area contributed by atoms with E-state index in [9.17, 15) is 8.42 Å². The third-order valence-corrected chi connectivity index (χ3v) is 3.12. The molecule has 0 bridgehead atoms. The first kappa shape index (κ1) is 14.8. The van der Waals surface area contributed by atoms with Crippen molar-refractivity contribution >= 4 is 10.0 Å². The third kappa shape index (κ3) is 3.89. The summed E-state index contributed by atoms with van der Waals surface area (Å²) in [5.74, 6) is 0.487. The Labute approximate surface area is 108 Å². The highest BCUT2D eigenvalue weighted by Gasteiger charge is 2.21. The number of rotatable bonds is 7. The largest absolute Gasteiger partial charge is 0.492 e. The van der Waals surface area contributed by atoms with Crippen LogP contribution in [0.15, 0.2) is 23.1 Å². The van der Waals surface area contributed by atoms with Crippen LogP contribution in [0.1, 0.15) is 26.7 Å². The predicted octanol–water partition coefficient (Wildman–Crippen LogP) is 1.91. The molecule has 0 radical (unpaired) electrons. The van der Waals surface area contributed by atoms with Gasteiger partial charge in [0, 0.05) is 0 Å². The summed E-state index contributed by atoms with van der Waals surface area (Å²) in [5, 5.41) is 5.21. The lowest BCUT2D eigenvalue weighted by Crippen LogP contribution is -2.16. The van der Waals surface area contributed by atoms with Crippen molar-refractivity contribution in [3.8, 4) is 11.5 Å². The Morgan fingerprint density at radius 1 is 1.06 bits per heavy atom. The van der Waals surface area contributed by atoms with Crippen LogP contribution in [-0.4, -0.2) is 21.6 Å². The zero-order chi connectivity index (χ0) is 13.6. The topological polar surface area (TPSA) is 78.6 Å². The van der Waals surface area contributed by atoms with Crippen molar-refractivity contribution in [3.05, 3.63) is 18.2 Å². The second kappa shape index (κ2) is 6.61. The molecule has 0 saturated heterocycles. The summed E-state index contributed by atoms with van der Waals surface area (Å²) >= 11 is 0. The van der Waals surface area contributed by atoms with Crippen molar-refractivity contribution in [2.24, 2.45) is 5.14 Å². The maximum Gasteiger partial charge on any atom is 0.245 e. The van der Waals surface area contributed by atoms with E-state index in [0.717, 1.165) is 12.8 Å². The monoisotopic (exact) mass is 273 g/mol. The fourth-order valence-electron chi connectivity index (χ4n) is 1.43. The van der Waals surface area contributed by atoms with Gasteiger partial charge < -0.3 is 9.47 Å². The van der Waals surface area contributed by atoms with E-state index < -0.39 is 10.0 Å².